The molecule has 0 aliphatic rings. The summed E-state index contributed by atoms with van der Waals surface area (Å²) in [5.41, 5.74) is 3.73. The van der Waals surface area contributed by atoms with Crippen molar-refractivity contribution in [3.63, 3.8) is 0 Å². The van der Waals surface area contributed by atoms with Crippen molar-refractivity contribution in [1.29, 1.82) is 0 Å². The molecule has 0 saturated carbocycles. The number of aryl methyl sites for hydroxylation is 3. The molecule has 1 amide bonds. The first-order valence-corrected chi connectivity index (χ1v) is 11.0. The van der Waals surface area contributed by atoms with E-state index in [1.807, 2.05) is 73.0 Å². The van der Waals surface area contributed by atoms with Crippen molar-refractivity contribution in [2.75, 3.05) is 18.2 Å². The van der Waals surface area contributed by atoms with Gasteiger partial charge in [0.25, 0.3) is 0 Å². The van der Waals surface area contributed by atoms with E-state index in [4.69, 9.17) is 4.74 Å². The second-order valence-electron chi connectivity index (χ2n) is 7.31. The van der Waals surface area contributed by atoms with Gasteiger partial charge in [-0.1, -0.05) is 41.6 Å². The molecule has 0 atom stereocenters. The van der Waals surface area contributed by atoms with Gasteiger partial charge in [0.2, 0.25) is 5.91 Å². The Hall–Kier alpha value is -3.59. The van der Waals surface area contributed by atoms with E-state index in [1.54, 1.807) is 18.8 Å². The van der Waals surface area contributed by atoms with Gasteiger partial charge < -0.3 is 10.1 Å². The molecule has 164 valence electrons. The van der Waals surface area contributed by atoms with Gasteiger partial charge in [-0.05, 0) is 38.1 Å². The monoisotopic (exact) mass is 448 g/mol. The zero-order valence-electron chi connectivity index (χ0n) is 18.4. The molecule has 1 N–H and O–H groups in total. The number of anilines is 1. The maximum atomic E-state index is 12.6. The Morgan fingerprint density at radius 2 is 1.84 bits per heavy atom. The average molecular weight is 449 g/mol. The maximum absolute atomic E-state index is 12.6. The van der Waals surface area contributed by atoms with E-state index in [0.29, 0.717) is 22.5 Å². The number of nitrogens with zero attached hydrogens (tertiary/aromatic N) is 5. The number of benzene rings is 2. The molecule has 0 spiro atoms. The van der Waals surface area contributed by atoms with E-state index < -0.39 is 0 Å². The first kappa shape index (κ1) is 21.6. The summed E-state index contributed by atoms with van der Waals surface area (Å²) in [5.74, 6) is 2.05. The third-order valence-corrected chi connectivity index (χ3v) is 5.80. The van der Waals surface area contributed by atoms with Gasteiger partial charge in [0.1, 0.15) is 11.6 Å². The minimum absolute atomic E-state index is 0.143. The van der Waals surface area contributed by atoms with Crippen LogP contribution >= 0.6 is 11.8 Å². The summed E-state index contributed by atoms with van der Waals surface area (Å²) in [4.78, 5) is 12.6. The van der Waals surface area contributed by atoms with Gasteiger partial charge in [0.05, 0.1) is 24.1 Å². The third kappa shape index (κ3) is 4.52. The van der Waals surface area contributed by atoms with Crippen LogP contribution in [0.5, 0.6) is 5.75 Å². The molecular formula is C23H24N6O2S. The number of carbonyl (C=O) groups excluding carboxylic acids is 1. The number of hydrogen-bond donors (Lipinski definition) is 1. The van der Waals surface area contributed by atoms with Crippen LogP contribution in [0.3, 0.4) is 0 Å². The normalized spacial score (nSPS) is 10.9. The van der Waals surface area contributed by atoms with E-state index in [-0.39, 0.29) is 11.7 Å². The van der Waals surface area contributed by atoms with Crippen molar-refractivity contribution < 1.29 is 9.53 Å². The van der Waals surface area contributed by atoms with Crippen LogP contribution in [0, 0.1) is 13.8 Å². The van der Waals surface area contributed by atoms with Crippen molar-refractivity contribution in [2.45, 2.75) is 19.0 Å². The molecule has 4 rings (SSSR count). The van der Waals surface area contributed by atoms with E-state index >= 15 is 0 Å². The van der Waals surface area contributed by atoms with Gasteiger partial charge in [-0.25, -0.2) is 0 Å². The first-order chi connectivity index (χ1) is 15.5. The van der Waals surface area contributed by atoms with E-state index in [2.05, 4.69) is 20.6 Å². The van der Waals surface area contributed by atoms with Crippen molar-refractivity contribution in [3.8, 4) is 22.8 Å². The second kappa shape index (κ2) is 9.27. The second-order valence-corrected chi connectivity index (χ2v) is 8.25. The third-order valence-electron chi connectivity index (χ3n) is 4.88. The molecule has 0 aliphatic carbocycles. The van der Waals surface area contributed by atoms with Gasteiger partial charge in [0.15, 0.2) is 11.0 Å². The van der Waals surface area contributed by atoms with Gasteiger partial charge in [-0.15, -0.1) is 10.2 Å². The summed E-state index contributed by atoms with van der Waals surface area (Å²) in [5, 5.41) is 16.6. The lowest BCUT2D eigenvalue weighted by atomic mass is 10.1. The van der Waals surface area contributed by atoms with Crippen LogP contribution in [0.1, 0.15) is 11.3 Å². The Kier molecular flexibility index (Phi) is 6.27. The topological polar surface area (TPSA) is 86.9 Å². The zero-order chi connectivity index (χ0) is 22.7. The summed E-state index contributed by atoms with van der Waals surface area (Å²) in [6.45, 7) is 3.92. The number of para-hydroxylation sites is 1. The number of hydrogen-bond acceptors (Lipinski definition) is 6. The molecule has 0 radical (unpaired) electrons. The molecular weight excluding hydrogens is 424 g/mol. The fourth-order valence-corrected chi connectivity index (χ4v) is 4.08. The smallest absolute Gasteiger partial charge is 0.235 e. The number of amides is 1. The SMILES string of the molecule is COc1ccccc1-c1nnc(SCC(=O)Nc2cc(C)nn2C)n1-c1ccc(C)cc1. The highest BCUT2D eigenvalue weighted by Crippen LogP contribution is 2.33. The van der Waals surface area contributed by atoms with Crippen LogP contribution in [0.25, 0.3) is 17.1 Å². The van der Waals surface area contributed by atoms with Crippen molar-refractivity contribution in [2.24, 2.45) is 7.05 Å². The molecule has 32 heavy (non-hydrogen) atoms. The van der Waals surface area contributed by atoms with Crippen LogP contribution in [0.2, 0.25) is 0 Å². The van der Waals surface area contributed by atoms with E-state index in [9.17, 15) is 4.79 Å². The molecule has 0 bridgehead atoms. The van der Waals surface area contributed by atoms with Crippen LogP contribution < -0.4 is 10.1 Å². The molecule has 4 aromatic rings. The molecule has 0 saturated heterocycles. The Morgan fingerprint density at radius 3 is 2.53 bits per heavy atom. The van der Waals surface area contributed by atoms with Crippen molar-refractivity contribution in [1.82, 2.24) is 24.5 Å². The summed E-state index contributed by atoms with van der Waals surface area (Å²) >= 11 is 1.32. The Labute approximate surface area is 190 Å². The predicted octanol–water partition coefficient (Wildman–Crippen LogP) is 4.02. The number of carbonyl (C=O) groups is 1. The quantitative estimate of drug-likeness (QED) is 0.430. The average Bonchev–Trinajstić information content (AvgIpc) is 3.35. The Bertz CT molecular complexity index is 1250. The summed E-state index contributed by atoms with van der Waals surface area (Å²) < 4.78 is 9.13. The highest BCUT2D eigenvalue weighted by Gasteiger charge is 2.20. The largest absolute Gasteiger partial charge is 0.496 e. The fourth-order valence-electron chi connectivity index (χ4n) is 3.33. The molecule has 0 fully saturated rings. The number of aromatic nitrogens is 5. The van der Waals surface area contributed by atoms with Gasteiger partial charge in [-0.2, -0.15) is 5.10 Å². The van der Waals surface area contributed by atoms with Crippen LogP contribution in [0.15, 0.2) is 59.8 Å². The van der Waals surface area contributed by atoms with Gasteiger partial charge in [0, 0.05) is 18.8 Å². The lowest BCUT2D eigenvalue weighted by molar-refractivity contribution is -0.113. The molecule has 2 aromatic carbocycles. The van der Waals surface area contributed by atoms with Crippen molar-refractivity contribution in [3.05, 3.63) is 65.9 Å². The standard InChI is InChI=1S/C23H24N6O2S/c1-15-9-11-17(12-10-15)29-22(18-7-5-6-8-19(18)31-4)25-26-23(29)32-14-21(30)24-20-13-16(2)27-28(20)3/h5-13H,14H2,1-4H3,(H,24,30). The number of rotatable bonds is 7. The molecule has 2 aromatic heterocycles. The summed E-state index contributed by atoms with van der Waals surface area (Å²) in [6.07, 6.45) is 0. The van der Waals surface area contributed by atoms with Crippen LogP contribution in [-0.4, -0.2) is 43.3 Å². The first-order valence-electron chi connectivity index (χ1n) is 10.1. The zero-order valence-corrected chi connectivity index (χ0v) is 19.2. The van der Waals surface area contributed by atoms with Crippen LogP contribution in [-0.2, 0) is 11.8 Å². The molecule has 8 nitrogen and oxygen atoms in total. The lowest BCUT2D eigenvalue weighted by Gasteiger charge is -2.12. The van der Waals surface area contributed by atoms with E-state index in [0.717, 1.165) is 22.5 Å². The summed E-state index contributed by atoms with van der Waals surface area (Å²) in [7, 11) is 3.43. The molecule has 0 aliphatic heterocycles. The van der Waals surface area contributed by atoms with Gasteiger partial charge in [-0.3, -0.25) is 14.0 Å². The fraction of sp³-hybridized carbons (Fsp3) is 0.217. The number of methoxy groups -OCH3 is 1. The lowest BCUT2D eigenvalue weighted by Crippen LogP contribution is -2.16. The van der Waals surface area contributed by atoms with Gasteiger partial charge >= 0.3 is 0 Å². The molecule has 0 unspecified atom stereocenters. The highest BCUT2D eigenvalue weighted by atomic mass is 32.2. The minimum atomic E-state index is -0.143. The number of thioether (sulfide) groups is 1. The number of ether oxygens (including phenoxy) is 1. The predicted molar refractivity (Wildman–Crippen MR) is 125 cm³/mol. The van der Waals surface area contributed by atoms with E-state index in [1.165, 1.54) is 11.8 Å². The minimum Gasteiger partial charge on any atom is -0.496 e. The summed E-state index contributed by atoms with van der Waals surface area (Å²) in [6, 6.07) is 17.6. The maximum Gasteiger partial charge on any atom is 0.235 e. The Balaban J connectivity index is 1.64. The highest BCUT2D eigenvalue weighted by molar-refractivity contribution is 7.99. The van der Waals surface area contributed by atoms with Crippen LogP contribution in [0.4, 0.5) is 5.82 Å². The Morgan fingerprint density at radius 1 is 1.09 bits per heavy atom. The molecule has 2 heterocycles. The van der Waals surface area contributed by atoms with Crippen molar-refractivity contribution >= 4 is 23.5 Å². The number of nitrogens with one attached hydrogen (secondary N) is 1. The molecule has 9 heteroatoms.